The Morgan fingerprint density at radius 1 is 0.952 bits per heavy atom. The summed E-state index contributed by atoms with van der Waals surface area (Å²) in [7, 11) is 0. The van der Waals surface area contributed by atoms with Gasteiger partial charge in [0.2, 0.25) is 0 Å². The number of benzene rings is 3. The molecule has 0 aromatic heterocycles. The second-order valence-corrected chi connectivity index (χ2v) is 6.14. The number of hydrogen-bond donors (Lipinski definition) is 0. The molecule has 0 fully saturated rings. The summed E-state index contributed by atoms with van der Waals surface area (Å²) in [4.78, 5) is 2.39. The SMILES string of the molecule is CC1CN(c2ccc(Cl)cc2)c2ccc3ccccc3c21. The molecule has 1 heterocycles. The van der Waals surface area contributed by atoms with Crippen LogP contribution in [0.25, 0.3) is 10.8 Å². The summed E-state index contributed by atoms with van der Waals surface area (Å²) in [5.41, 5.74) is 3.99. The molecule has 1 nitrogen and oxygen atoms in total. The number of fused-ring (bicyclic) bond motifs is 3. The van der Waals surface area contributed by atoms with E-state index in [1.54, 1.807) is 0 Å². The summed E-state index contributed by atoms with van der Waals surface area (Å²) >= 11 is 6.01. The number of halogens is 1. The zero-order valence-corrected chi connectivity index (χ0v) is 12.6. The number of nitrogens with zero attached hydrogens (tertiary/aromatic N) is 1. The van der Waals surface area contributed by atoms with Gasteiger partial charge in [0.1, 0.15) is 0 Å². The minimum absolute atomic E-state index is 0.529. The Bertz CT molecular complexity index is 807. The van der Waals surface area contributed by atoms with Gasteiger partial charge >= 0.3 is 0 Å². The lowest BCUT2D eigenvalue weighted by molar-refractivity contribution is 0.818. The van der Waals surface area contributed by atoms with Crippen molar-refractivity contribution in [1.82, 2.24) is 0 Å². The lowest BCUT2D eigenvalue weighted by atomic mass is 9.96. The van der Waals surface area contributed by atoms with Crippen LogP contribution in [0.3, 0.4) is 0 Å². The van der Waals surface area contributed by atoms with Gasteiger partial charge in [-0.3, -0.25) is 0 Å². The van der Waals surface area contributed by atoms with Crippen molar-refractivity contribution in [3.63, 3.8) is 0 Å². The molecule has 0 radical (unpaired) electrons. The van der Waals surface area contributed by atoms with E-state index in [9.17, 15) is 0 Å². The molecule has 0 aliphatic carbocycles. The van der Waals surface area contributed by atoms with Crippen LogP contribution < -0.4 is 4.90 Å². The third-order valence-corrected chi connectivity index (χ3v) is 4.58. The summed E-state index contributed by atoms with van der Waals surface area (Å²) in [6.45, 7) is 3.33. The van der Waals surface area contributed by atoms with Gasteiger partial charge < -0.3 is 4.90 Å². The Morgan fingerprint density at radius 3 is 2.52 bits per heavy atom. The molecular weight excluding hydrogens is 278 g/mol. The summed E-state index contributed by atoms with van der Waals surface area (Å²) in [5, 5.41) is 3.48. The van der Waals surface area contributed by atoms with Gasteiger partial charge in [-0.2, -0.15) is 0 Å². The van der Waals surface area contributed by atoms with E-state index in [1.807, 2.05) is 12.1 Å². The molecular formula is C19H16ClN. The first-order chi connectivity index (χ1) is 10.2. The molecule has 0 N–H and O–H groups in total. The van der Waals surface area contributed by atoms with E-state index in [0.717, 1.165) is 11.6 Å². The minimum Gasteiger partial charge on any atom is -0.341 e. The average molecular weight is 294 g/mol. The zero-order chi connectivity index (χ0) is 14.4. The molecule has 1 unspecified atom stereocenters. The molecule has 104 valence electrons. The van der Waals surface area contributed by atoms with Gasteiger partial charge in [-0.25, -0.2) is 0 Å². The molecule has 3 aromatic rings. The number of hydrogen-bond acceptors (Lipinski definition) is 1. The summed E-state index contributed by atoms with van der Waals surface area (Å²) in [6.07, 6.45) is 0. The molecule has 0 bridgehead atoms. The highest BCUT2D eigenvalue weighted by atomic mass is 35.5. The third kappa shape index (κ3) is 2.00. The summed E-state index contributed by atoms with van der Waals surface area (Å²) < 4.78 is 0. The summed E-state index contributed by atoms with van der Waals surface area (Å²) in [6, 6.07) is 21.2. The monoisotopic (exact) mass is 293 g/mol. The van der Waals surface area contributed by atoms with E-state index in [0.29, 0.717) is 5.92 Å². The maximum atomic E-state index is 6.01. The van der Waals surface area contributed by atoms with Crippen LogP contribution in [0.2, 0.25) is 5.02 Å². The van der Waals surface area contributed by atoms with Gasteiger partial charge in [0.15, 0.2) is 0 Å². The van der Waals surface area contributed by atoms with Gasteiger partial charge in [-0.15, -0.1) is 0 Å². The van der Waals surface area contributed by atoms with Crippen molar-refractivity contribution in [1.29, 1.82) is 0 Å². The highest BCUT2D eigenvalue weighted by molar-refractivity contribution is 6.30. The predicted molar refractivity (Wildman–Crippen MR) is 90.8 cm³/mol. The standard InChI is InChI=1S/C19H16ClN/c1-13-12-21(16-9-7-15(20)8-10-16)18-11-6-14-4-2-3-5-17(14)19(13)18/h2-11,13H,12H2,1H3. The van der Waals surface area contributed by atoms with Crippen LogP contribution in [0.15, 0.2) is 60.7 Å². The summed E-state index contributed by atoms with van der Waals surface area (Å²) in [5.74, 6) is 0.529. The second kappa shape index (κ2) is 4.78. The van der Waals surface area contributed by atoms with Crippen molar-refractivity contribution in [3.05, 3.63) is 71.2 Å². The lowest BCUT2D eigenvalue weighted by Crippen LogP contribution is -2.14. The first-order valence-corrected chi connectivity index (χ1v) is 7.66. The van der Waals surface area contributed by atoms with Gasteiger partial charge in [0.25, 0.3) is 0 Å². The highest BCUT2D eigenvalue weighted by Gasteiger charge is 2.28. The van der Waals surface area contributed by atoms with Crippen LogP contribution in [0.4, 0.5) is 11.4 Å². The lowest BCUT2D eigenvalue weighted by Gasteiger charge is -2.20. The van der Waals surface area contributed by atoms with Crippen molar-refractivity contribution in [2.45, 2.75) is 12.8 Å². The van der Waals surface area contributed by atoms with Crippen LogP contribution in [0.1, 0.15) is 18.4 Å². The van der Waals surface area contributed by atoms with Crippen molar-refractivity contribution >= 4 is 33.7 Å². The van der Waals surface area contributed by atoms with E-state index in [-0.39, 0.29) is 0 Å². The predicted octanol–water partition coefficient (Wildman–Crippen LogP) is 5.75. The minimum atomic E-state index is 0.529. The van der Waals surface area contributed by atoms with Gasteiger partial charge in [-0.1, -0.05) is 48.9 Å². The second-order valence-electron chi connectivity index (χ2n) is 5.71. The van der Waals surface area contributed by atoms with Crippen molar-refractivity contribution in [2.24, 2.45) is 0 Å². The van der Waals surface area contributed by atoms with Gasteiger partial charge in [0.05, 0.1) is 0 Å². The molecule has 0 spiro atoms. The molecule has 1 aliphatic heterocycles. The fourth-order valence-electron chi connectivity index (χ4n) is 3.37. The van der Waals surface area contributed by atoms with E-state index in [1.165, 1.54) is 27.7 Å². The maximum absolute atomic E-state index is 6.01. The third-order valence-electron chi connectivity index (χ3n) is 4.33. The Labute approximate surface area is 129 Å². The largest absolute Gasteiger partial charge is 0.341 e. The molecule has 1 atom stereocenters. The molecule has 3 aromatic carbocycles. The molecule has 4 rings (SSSR count). The Morgan fingerprint density at radius 2 is 1.71 bits per heavy atom. The van der Waals surface area contributed by atoms with Crippen molar-refractivity contribution in [3.8, 4) is 0 Å². The zero-order valence-electron chi connectivity index (χ0n) is 11.9. The molecule has 1 aliphatic rings. The quantitative estimate of drug-likeness (QED) is 0.552. The first-order valence-electron chi connectivity index (χ1n) is 7.29. The molecule has 0 saturated carbocycles. The molecule has 0 amide bonds. The van der Waals surface area contributed by atoms with Crippen molar-refractivity contribution < 1.29 is 0 Å². The molecule has 0 saturated heterocycles. The topological polar surface area (TPSA) is 3.24 Å². The van der Waals surface area contributed by atoms with Crippen LogP contribution >= 0.6 is 11.6 Å². The molecule has 21 heavy (non-hydrogen) atoms. The highest BCUT2D eigenvalue weighted by Crippen LogP contribution is 2.44. The normalized spacial score (nSPS) is 17.2. The smallest absolute Gasteiger partial charge is 0.0453 e. The average Bonchev–Trinajstić information content (AvgIpc) is 2.86. The number of anilines is 2. The fraction of sp³-hybridized carbons (Fsp3) is 0.158. The van der Waals surface area contributed by atoms with Crippen LogP contribution in [0, 0.1) is 0 Å². The Hall–Kier alpha value is -1.99. The fourth-order valence-corrected chi connectivity index (χ4v) is 3.49. The van der Waals surface area contributed by atoms with Crippen LogP contribution in [0.5, 0.6) is 0 Å². The van der Waals surface area contributed by atoms with E-state index >= 15 is 0 Å². The van der Waals surface area contributed by atoms with Crippen LogP contribution in [-0.4, -0.2) is 6.54 Å². The van der Waals surface area contributed by atoms with Crippen molar-refractivity contribution in [2.75, 3.05) is 11.4 Å². The van der Waals surface area contributed by atoms with E-state index < -0.39 is 0 Å². The number of rotatable bonds is 1. The Balaban J connectivity index is 1.90. The van der Waals surface area contributed by atoms with Gasteiger partial charge in [0, 0.05) is 28.9 Å². The Kier molecular flexibility index (Phi) is 2.90. The van der Waals surface area contributed by atoms with E-state index in [4.69, 9.17) is 11.6 Å². The van der Waals surface area contributed by atoms with Crippen LogP contribution in [-0.2, 0) is 0 Å². The van der Waals surface area contributed by atoms with Gasteiger partial charge in [-0.05, 0) is 46.7 Å². The molecule has 2 heteroatoms. The maximum Gasteiger partial charge on any atom is 0.0453 e. The van der Waals surface area contributed by atoms with E-state index in [2.05, 4.69) is 60.4 Å². The first kappa shape index (κ1) is 12.7.